The molecule has 1 amide bonds. The summed E-state index contributed by atoms with van der Waals surface area (Å²) in [7, 11) is 0. The van der Waals surface area contributed by atoms with Crippen LogP contribution in [0.2, 0.25) is 0 Å². The SMILES string of the molecule is C=C(/C=C\C(=C/C)N1CC(CCN(CC)C/C=C(/CCC(=C)C(F)(F)F)c2cccnc2)COC1=O)C(=O)O. The quantitative estimate of drug-likeness (QED) is 0.169. The Bertz CT molecular complexity index is 1110. The van der Waals surface area contributed by atoms with Crippen LogP contribution < -0.4 is 0 Å². The fourth-order valence-electron chi connectivity index (χ4n) is 3.96. The lowest BCUT2D eigenvalue weighted by atomic mass is 9.99. The molecular weight excluding hydrogens is 511 g/mol. The van der Waals surface area contributed by atoms with E-state index in [4.69, 9.17) is 9.84 Å². The molecule has 7 nitrogen and oxygen atoms in total. The summed E-state index contributed by atoms with van der Waals surface area (Å²) in [6, 6.07) is 3.58. The zero-order valence-electron chi connectivity index (χ0n) is 22.4. The number of likely N-dealkylation sites (N-methyl/N-ethyl adjacent to an activating group) is 1. The Kier molecular flexibility index (Phi) is 12.2. The Morgan fingerprint density at radius 3 is 2.64 bits per heavy atom. The molecule has 1 saturated heterocycles. The van der Waals surface area contributed by atoms with Gasteiger partial charge < -0.3 is 9.84 Å². The van der Waals surface area contributed by atoms with Crippen LogP contribution in [0.25, 0.3) is 5.57 Å². The van der Waals surface area contributed by atoms with Crippen LogP contribution in [-0.4, -0.2) is 70.9 Å². The van der Waals surface area contributed by atoms with Gasteiger partial charge in [0, 0.05) is 42.7 Å². The van der Waals surface area contributed by atoms with Gasteiger partial charge in [0.05, 0.1) is 12.2 Å². The number of rotatable bonds is 14. The van der Waals surface area contributed by atoms with Crippen LogP contribution in [0.3, 0.4) is 0 Å². The van der Waals surface area contributed by atoms with Gasteiger partial charge in [-0.15, -0.1) is 0 Å². The zero-order valence-corrected chi connectivity index (χ0v) is 22.4. The van der Waals surface area contributed by atoms with Crippen molar-refractivity contribution in [3.8, 4) is 0 Å². The molecule has 1 aromatic rings. The molecule has 1 N–H and O–H groups in total. The number of ether oxygens (including phenoxy) is 1. The van der Waals surface area contributed by atoms with Crippen molar-refractivity contribution in [3.63, 3.8) is 0 Å². The van der Waals surface area contributed by atoms with Gasteiger partial charge in [-0.05, 0) is 68.6 Å². The van der Waals surface area contributed by atoms with Gasteiger partial charge >= 0.3 is 18.2 Å². The molecule has 1 atom stereocenters. The molecule has 2 heterocycles. The highest BCUT2D eigenvalue weighted by Crippen LogP contribution is 2.30. The Morgan fingerprint density at radius 2 is 2.05 bits per heavy atom. The number of carbonyl (C=O) groups is 2. The lowest BCUT2D eigenvalue weighted by Gasteiger charge is -2.33. The van der Waals surface area contributed by atoms with E-state index in [0.29, 0.717) is 25.3 Å². The number of aromatic nitrogens is 1. The van der Waals surface area contributed by atoms with Crippen LogP contribution in [0.5, 0.6) is 0 Å². The van der Waals surface area contributed by atoms with Crippen molar-refractivity contribution >= 4 is 17.6 Å². The third kappa shape index (κ3) is 10.2. The number of cyclic esters (lactones) is 1. The van der Waals surface area contributed by atoms with Gasteiger partial charge in [0.1, 0.15) is 0 Å². The number of aliphatic carboxylic acids is 1. The maximum atomic E-state index is 13.0. The number of pyridine rings is 1. The molecule has 0 aromatic carbocycles. The standard InChI is InChI=1S/C29H36F3N3O4/c1-5-26(12-9-21(3)27(36)37)35-19-23(20-39-28(35)38)13-16-34(6-2)17-14-24(25-8-7-15-33-18-25)11-10-22(4)29(30,31)32/h5,7-9,12,14-15,18,23H,3-4,6,10-11,13,16-17,19-20H2,1-2H3,(H,36,37)/b12-9-,24-14-,26-5+. The molecule has 1 aliphatic rings. The summed E-state index contributed by atoms with van der Waals surface area (Å²) in [5, 5.41) is 9.01. The number of carboxylic acid groups (broad SMARTS) is 1. The van der Waals surface area contributed by atoms with Crippen molar-refractivity contribution in [2.24, 2.45) is 5.92 Å². The second kappa shape index (κ2) is 15.1. The molecule has 0 spiro atoms. The highest BCUT2D eigenvalue weighted by atomic mass is 19.4. The molecule has 10 heteroatoms. The van der Waals surface area contributed by atoms with E-state index in [9.17, 15) is 22.8 Å². The molecule has 212 valence electrons. The smallest absolute Gasteiger partial charge is 0.414 e. The number of hydrogen-bond donors (Lipinski definition) is 1. The van der Waals surface area contributed by atoms with Gasteiger partial charge in [-0.2, -0.15) is 13.2 Å². The summed E-state index contributed by atoms with van der Waals surface area (Å²) in [6.07, 6.45) is 5.57. The largest absolute Gasteiger partial charge is 0.478 e. The number of amides is 1. The first kappa shape index (κ1) is 31.6. The average Bonchev–Trinajstić information content (AvgIpc) is 2.91. The van der Waals surface area contributed by atoms with E-state index in [1.165, 1.54) is 17.1 Å². The van der Waals surface area contributed by atoms with Gasteiger partial charge in [0.15, 0.2) is 0 Å². The molecule has 1 aromatic heterocycles. The van der Waals surface area contributed by atoms with Crippen LogP contribution in [0.15, 0.2) is 78.8 Å². The predicted molar refractivity (Wildman–Crippen MR) is 145 cm³/mol. The van der Waals surface area contributed by atoms with Crippen molar-refractivity contribution in [2.75, 3.05) is 32.8 Å². The number of carboxylic acids is 1. The van der Waals surface area contributed by atoms with E-state index < -0.39 is 23.8 Å². The molecule has 1 fully saturated rings. The Hall–Kier alpha value is -3.66. The molecule has 1 aliphatic heterocycles. The molecule has 2 rings (SSSR count). The molecule has 1 unspecified atom stereocenters. The monoisotopic (exact) mass is 547 g/mol. The first-order valence-corrected chi connectivity index (χ1v) is 12.7. The number of alkyl halides is 3. The summed E-state index contributed by atoms with van der Waals surface area (Å²) in [6.45, 7) is 13.0. The van der Waals surface area contributed by atoms with Crippen LogP contribution in [0.1, 0.15) is 38.7 Å². The minimum Gasteiger partial charge on any atom is -0.478 e. The van der Waals surface area contributed by atoms with Crippen molar-refractivity contribution in [1.29, 1.82) is 0 Å². The average molecular weight is 548 g/mol. The lowest BCUT2D eigenvalue weighted by Crippen LogP contribution is -2.43. The molecule has 0 bridgehead atoms. The van der Waals surface area contributed by atoms with Crippen molar-refractivity contribution in [1.82, 2.24) is 14.8 Å². The van der Waals surface area contributed by atoms with Crippen molar-refractivity contribution in [2.45, 2.75) is 39.3 Å². The van der Waals surface area contributed by atoms with Gasteiger partial charge in [0.25, 0.3) is 0 Å². The predicted octanol–water partition coefficient (Wildman–Crippen LogP) is 6.24. The van der Waals surface area contributed by atoms with Crippen molar-refractivity contribution < 1.29 is 32.6 Å². The molecule has 0 radical (unpaired) electrons. The number of allylic oxidation sites excluding steroid dienone is 4. The van der Waals surface area contributed by atoms with Gasteiger partial charge in [0.2, 0.25) is 0 Å². The van der Waals surface area contributed by atoms with Crippen LogP contribution in [-0.2, 0) is 9.53 Å². The van der Waals surface area contributed by atoms with Crippen LogP contribution in [0, 0.1) is 5.92 Å². The Balaban J connectivity index is 2.04. The summed E-state index contributed by atoms with van der Waals surface area (Å²) in [4.78, 5) is 31.2. The number of halogens is 3. The van der Waals surface area contributed by atoms with E-state index in [1.54, 1.807) is 31.5 Å². The summed E-state index contributed by atoms with van der Waals surface area (Å²) in [5.74, 6) is -1.11. The van der Waals surface area contributed by atoms with E-state index in [0.717, 1.165) is 24.1 Å². The van der Waals surface area contributed by atoms with E-state index in [-0.39, 0.29) is 30.9 Å². The second-order valence-corrected chi connectivity index (χ2v) is 9.19. The van der Waals surface area contributed by atoms with Crippen LogP contribution >= 0.6 is 0 Å². The Labute approximate surface area is 227 Å². The summed E-state index contributed by atoms with van der Waals surface area (Å²) >= 11 is 0. The fraction of sp³-hybridized carbons (Fsp3) is 0.414. The first-order chi connectivity index (χ1) is 18.5. The molecule has 0 saturated carbocycles. The summed E-state index contributed by atoms with van der Waals surface area (Å²) in [5.41, 5.74) is 1.21. The van der Waals surface area contributed by atoms with E-state index in [1.807, 2.05) is 19.1 Å². The fourth-order valence-corrected chi connectivity index (χ4v) is 3.96. The lowest BCUT2D eigenvalue weighted by molar-refractivity contribution is -0.132. The minimum atomic E-state index is -4.42. The van der Waals surface area contributed by atoms with Crippen molar-refractivity contribution in [3.05, 3.63) is 84.4 Å². The Morgan fingerprint density at radius 1 is 1.31 bits per heavy atom. The number of hydrogen-bond acceptors (Lipinski definition) is 5. The maximum absolute atomic E-state index is 13.0. The normalized spacial score (nSPS) is 17.0. The number of carbonyl (C=O) groups excluding carboxylic acids is 1. The highest BCUT2D eigenvalue weighted by molar-refractivity contribution is 5.89. The second-order valence-electron chi connectivity index (χ2n) is 9.19. The number of nitrogens with zero attached hydrogens (tertiary/aromatic N) is 3. The highest BCUT2D eigenvalue weighted by Gasteiger charge is 2.31. The molecule has 39 heavy (non-hydrogen) atoms. The van der Waals surface area contributed by atoms with Gasteiger partial charge in [-0.1, -0.05) is 38.3 Å². The third-order valence-corrected chi connectivity index (χ3v) is 6.47. The maximum Gasteiger partial charge on any atom is 0.414 e. The van der Waals surface area contributed by atoms with Crippen LogP contribution in [0.4, 0.5) is 18.0 Å². The van der Waals surface area contributed by atoms with Gasteiger partial charge in [-0.3, -0.25) is 14.8 Å². The zero-order chi connectivity index (χ0) is 29.0. The molecular formula is C29H36F3N3O4. The van der Waals surface area contributed by atoms with Gasteiger partial charge in [-0.25, -0.2) is 9.59 Å². The summed E-state index contributed by atoms with van der Waals surface area (Å²) < 4.78 is 44.3. The molecule has 0 aliphatic carbocycles. The van der Waals surface area contributed by atoms with E-state index >= 15 is 0 Å². The third-order valence-electron chi connectivity index (χ3n) is 6.47. The van der Waals surface area contributed by atoms with E-state index in [2.05, 4.69) is 23.0 Å². The topological polar surface area (TPSA) is 83.0 Å². The minimum absolute atomic E-state index is 0.0414. The first-order valence-electron chi connectivity index (χ1n) is 12.7.